The number of aromatic nitrogens is 2. The number of aromatic amines is 1. The minimum atomic E-state index is -0.638. The van der Waals surface area contributed by atoms with Gasteiger partial charge in [0.15, 0.2) is 23.0 Å². The predicted octanol–water partition coefficient (Wildman–Crippen LogP) is 2.86. The molecule has 3 N–H and O–H groups in total. The van der Waals surface area contributed by atoms with Crippen LogP contribution in [0.4, 0.5) is 4.79 Å². The van der Waals surface area contributed by atoms with Crippen LogP contribution in [0, 0.1) is 11.3 Å². The third-order valence-electron chi connectivity index (χ3n) is 6.59. The lowest BCUT2D eigenvalue weighted by Crippen LogP contribution is -2.42. The number of carbonyl (C=O) groups excluding carboxylic acids is 1. The van der Waals surface area contributed by atoms with E-state index < -0.39 is 12.0 Å². The lowest BCUT2D eigenvalue weighted by Gasteiger charge is -2.27. The van der Waals surface area contributed by atoms with Crippen molar-refractivity contribution >= 4 is 6.09 Å². The average molecular weight is 517 g/mol. The monoisotopic (exact) mass is 517 g/mol. The van der Waals surface area contributed by atoms with Crippen molar-refractivity contribution in [1.82, 2.24) is 15.1 Å². The van der Waals surface area contributed by atoms with Crippen molar-refractivity contribution in [3.63, 3.8) is 0 Å². The molecule has 2 aromatic carbocycles. The number of allylic oxidation sites excluding steroid dienone is 1. The van der Waals surface area contributed by atoms with E-state index in [1.165, 1.54) is 7.11 Å². The Balaban J connectivity index is 1.39. The molecule has 1 amide bonds. The van der Waals surface area contributed by atoms with Gasteiger partial charge in [-0.15, -0.1) is 5.10 Å². The fourth-order valence-electron chi connectivity index (χ4n) is 4.70. The lowest BCUT2D eigenvalue weighted by atomic mass is 9.83. The number of hydrogen-bond donors (Lipinski definition) is 2. The van der Waals surface area contributed by atoms with Gasteiger partial charge in [0.1, 0.15) is 11.6 Å². The second kappa shape index (κ2) is 9.53. The molecule has 0 aliphatic carbocycles. The van der Waals surface area contributed by atoms with Crippen LogP contribution in [0.15, 0.2) is 47.9 Å². The van der Waals surface area contributed by atoms with Crippen LogP contribution in [0.2, 0.25) is 0 Å². The summed E-state index contributed by atoms with van der Waals surface area (Å²) in [6.45, 7) is 1.95. The smallest absolute Gasteiger partial charge is 0.415 e. The van der Waals surface area contributed by atoms with Crippen molar-refractivity contribution in [1.29, 1.82) is 5.26 Å². The van der Waals surface area contributed by atoms with E-state index in [1.54, 1.807) is 29.2 Å². The zero-order chi connectivity index (χ0) is 26.2. The summed E-state index contributed by atoms with van der Waals surface area (Å²) in [5.41, 5.74) is 9.02. The third-order valence-corrected chi connectivity index (χ3v) is 6.59. The molecule has 0 saturated carbocycles. The number of nitrogens with zero attached hydrogens (tertiary/aromatic N) is 3. The third kappa shape index (κ3) is 3.99. The molecule has 1 unspecified atom stereocenters. The fraction of sp³-hybridized carbons (Fsp3) is 0.269. The van der Waals surface area contributed by atoms with Crippen LogP contribution >= 0.6 is 0 Å². The predicted molar refractivity (Wildman–Crippen MR) is 131 cm³/mol. The van der Waals surface area contributed by atoms with Gasteiger partial charge in [-0.05, 0) is 35.9 Å². The highest BCUT2D eigenvalue weighted by Crippen LogP contribution is 2.48. The Morgan fingerprint density at radius 2 is 1.97 bits per heavy atom. The standard InChI is InChI=1S/C26H23N5O7/c1-33-19-10-14(2-5-18(19)37-26(32)31-6-8-34-9-7-31)21-16(12-27)24(28)38-25-22(21)23(29-30-25)15-3-4-17-20(11-15)36-13-35-17/h2-5,10-11,21H,6-9,13,28H2,1H3,(H,29,30). The number of benzene rings is 2. The van der Waals surface area contributed by atoms with Crippen LogP contribution < -0.4 is 29.4 Å². The van der Waals surface area contributed by atoms with Crippen LogP contribution in [-0.4, -0.2) is 61.4 Å². The largest absolute Gasteiger partial charge is 0.493 e. The van der Waals surface area contributed by atoms with E-state index in [0.717, 1.165) is 5.56 Å². The van der Waals surface area contributed by atoms with E-state index in [2.05, 4.69) is 16.3 Å². The van der Waals surface area contributed by atoms with Gasteiger partial charge in [-0.3, -0.25) is 5.10 Å². The maximum Gasteiger partial charge on any atom is 0.415 e. The van der Waals surface area contributed by atoms with Gasteiger partial charge in [-0.2, -0.15) is 5.26 Å². The summed E-state index contributed by atoms with van der Waals surface area (Å²) >= 11 is 0. The quantitative estimate of drug-likeness (QED) is 0.528. The van der Waals surface area contributed by atoms with Gasteiger partial charge in [-0.1, -0.05) is 6.07 Å². The molecule has 194 valence electrons. The van der Waals surface area contributed by atoms with Gasteiger partial charge < -0.3 is 39.1 Å². The Bertz CT molecular complexity index is 1490. The topological polar surface area (TPSA) is 154 Å². The van der Waals surface area contributed by atoms with Crippen molar-refractivity contribution in [2.24, 2.45) is 5.73 Å². The summed E-state index contributed by atoms with van der Waals surface area (Å²) in [6.07, 6.45) is -0.491. The van der Waals surface area contributed by atoms with Crippen molar-refractivity contribution in [3.05, 3.63) is 59.0 Å². The van der Waals surface area contributed by atoms with Gasteiger partial charge in [0.2, 0.25) is 18.6 Å². The van der Waals surface area contributed by atoms with E-state index in [4.69, 9.17) is 34.2 Å². The molecular weight excluding hydrogens is 494 g/mol. The molecule has 1 saturated heterocycles. The van der Waals surface area contributed by atoms with Crippen LogP contribution in [0.5, 0.6) is 28.9 Å². The minimum absolute atomic E-state index is 0.0458. The van der Waals surface area contributed by atoms with E-state index >= 15 is 0 Å². The van der Waals surface area contributed by atoms with E-state index in [0.29, 0.717) is 60.4 Å². The summed E-state index contributed by atoms with van der Waals surface area (Å²) in [5, 5.41) is 17.4. The highest BCUT2D eigenvalue weighted by atomic mass is 16.7. The van der Waals surface area contributed by atoms with Crippen molar-refractivity contribution in [2.75, 3.05) is 40.2 Å². The molecule has 0 bridgehead atoms. The Kier molecular flexibility index (Phi) is 5.89. The number of ether oxygens (including phenoxy) is 6. The number of H-pyrrole nitrogens is 1. The molecule has 1 atom stereocenters. The molecule has 12 nitrogen and oxygen atoms in total. The maximum absolute atomic E-state index is 12.7. The van der Waals surface area contributed by atoms with Gasteiger partial charge in [0.25, 0.3) is 0 Å². The fourth-order valence-corrected chi connectivity index (χ4v) is 4.70. The Morgan fingerprint density at radius 3 is 2.76 bits per heavy atom. The number of fused-ring (bicyclic) bond motifs is 2. The maximum atomic E-state index is 12.7. The number of rotatable bonds is 4. The van der Waals surface area contributed by atoms with E-state index in [9.17, 15) is 10.1 Å². The second-order valence-electron chi connectivity index (χ2n) is 8.69. The second-order valence-corrected chi connectivity index (χ2v) is 8.69. The molecule has 0 radical (unpaired) electrons. The number of amides is 1. The Hall–Kier alpha value is -4.89. The van der Waals surface area contributed by atoms with Gasteiger partial charge in [0, 0.05) is 18.7 Å². The first-order valence-corrected chi connectivity index (χ1v) is 11.9. The molecule has 3 aromatic rings. The number of nitriles is 1. The Labute approximate surface area is 217 Å². The molecule has 0 spiro atoms. The first-order valence-electron chi connectivity index (χ1n) is 11.9. The van der Waals surface area contributed by atoms with Crippen molar-refractivity contribution < 1.29 is 33.2 Å². The van der Waals surface area contributed by atoms with E-state index in [1.807, 2.05) is 12.1 Å². The van der Waals surface area contributed by atoms with Crippen LogP contribution in [-0.2, 0) is 4.74 Å². The van der Waals surface area contributed by atoms with Crippen LogP contribution in [0.1, 0.15) is 17.0 Å². The number of carbonyl (C=O) groups is 1. The van der Waals surface area contributed by atoms with E-state index in [-0.39, 0.29) is 29.9 Å². The summed E-state index contributed by atoms with van der Waals surface area (Å²) in [5.74, 6) is 1.38. The normalized spacial score (nSPS) is 17.9. The zero-order valence-electron chi connectivity index (χ0n) is 20.4. The molecule has 3 aliphatic heterocycles. The average Bonchev–Trinajstić information content (AvgIpc) is 3.59. The Morgan fingerprint density at radius 1 is 1.16 bits per heavy atom. The van der Waals surface area contributed by atoms with Crippen molar-refractivity contribution in [2.45, 2.75) is 5.92 Å². The number of nitrogens with two attached hydrogens (primary N) is 1. The molecule has 6 rings (SSSR count). The molecule has 38 heavy (non-hydrogen) atoms. The van der Waals surface area contributed by atoms with Crippen molar-refractivity contribution in [3.8, 4) is 46.2 Å². The summed E-state index contributed by atoms with van der Waals surface area (Å²) in [7, 11) is 1.48. The first-order chi connectivity index (χ1) is 18.6. The number of nitrogens with one attached hydrogen (secondary N) is 1. The van der Waals surface area contributed by atoms with Gasteiger partial charge in [0.05, 0.1) is 37.5 Å². The number of morpholine rings is 1. The minimum Gasteiger partial charge on any atom is -0.493 e. The summed E-state index contributed by atoms with van der Waals surface area (Å²) < 4.78 is 33.1. The zero-order valence-corrected chi connectivity index (χ0v) is 20.4. The summed E-state index contributed by atoms with van der Waals surface area (Å²) in [4.78, 5) is 14.2. The molecule has 1 fully saturated rings. The molecule has 4 heterocycles. The van der Waals surface area contributed by atoms with Crippen LogP contribution in [0.25, 0.3) is 11.3 Å². The summed E-state index contributed by atoms with van der Waals surface area (Å²) in [6, 6.07) is 12.8. The highest BCUT2D eigenvalue weighted by Gasteiger charge is 2.36. The molecule has 3 aliphatic rings. The van der Waals surface area contributed by atoms with Crippen LogP contribution in [0.3, 0.4) is 0 Å². The number of hydrogen-bond acceptors (Lipinski definition) is 10. The van der Waals surface area contributed by atoms with Gasteiger partial charge >= 0.3 is 6.09 Å². The van der Waals surface area contributed by atoms with Gasteiger partial charge in [-0.25, -0.2) is 4.79 Å². The highest BCUT2D eigenvalue weighted by molar-refractivity contribution is 5.74. The SMILES string of the molecule is COc1cc(C2C(C#N)=C(N)Oc3n[nH]c(-c4ccc5c(c4)OCO5)c32)ccc1OC(=O)N1CCOCC1. The number of methoxy groups -OCH3 is 1. The molecule has 12 heteroatoms. The molecular formula is C26H23N5O7. The first kappa shape index (κ1) is 23.5. The molecule has 1 aromatic heterocycles. The lowest BCUT2D eigenvalue weighted by molar-refractivity contribution is 0.0413.